The molecule has 0 aliphatic rings. The molecule has 0 saturated carbocycles. The van der Waals surface area contributed by atoms with E-state index in [9.17, 15) is 4.79 Å². The Hall–Kier alpha value is -2.16. The molecular formula is C13H11NO2. The van der Waals surface area contributed by atoms with Crippen LogP contribution in [0, 0.1) is 0 Å². The highest BCUT2D eigenvalue weighted by atomic mass is 16.5. The monoisotopic (exact) mass is 213 g/mol. The highest BCUT2D eigenvalue weighted by Gasteiger charge is 2.14. The fraction of sp³-hybridized carbons (Fsp3) is 0.0769. The third-order valence-electron chi connectivity index (χ3n) is 2.28. The van der Waals surface area contributed by atoms with E-state index in [-0.39, 0.29) is 6.10 Å². The summed E-state index contributed by atoms with van der Waals surface area (Å²) in [5.74, 6) is 0. The van der Waals surface area contributed by atoms with Crippen molar-refractivity contribution < 1.29 is 9.53 Å². The normalized spacial score (nSPS) is 11.8. The van der Waals surface area contributed by atoms with E-state index in [4.69, 9.17) is 4.74 Å². The van der Waals surface area contributed by atoms with Crippen LogP contribution in [-0.2, 0) is 9.53 Å². The predicted molar refractivity (Wildman–Crippen MR) is 59.7 cm³/mol. The minimum atomic E-state index is -0.382. The minimum absolute atomic E-state index is 0.382. The highest BCUT2D eigenvalue weighted by Crippen LogP contribution is 2.24. The molecule has 1 aromatic carbocycles. The van der Waals surface area contributed by atoms with Gasteiger partial charge in [0.05, 0.1) is 0 Å². The van der Waals surface area contributed by atoms with Gasteiger partial charge in [-0.25, -0.2) is 0 Å². The summed E-state index contributed by atoms with van der Waals surface area (Å²) in [7, 11) is 0. The number of benzene rings is 1. The van der Waals surface area contributed by atoms with Crippen LogP contribution in [0.3, 0.4) is 0 Å². The molecule has 1 heterocycles. The number of carbonyl (C=O) groups excluding carboxylic acids is 1. The van der Waals surface area contributed by atoms with E-state index in [1.165, 1.54) is 0 Å². The Balaban J connectivity index is 2.35. The van der Waals surface area contributed by atoms with Crippen LogP contribution in [0.5, 0.6) is 0 Å². The van der Waals surface area contributed by atoms with Gasteiger partial charge >= 0.3 is 0 Å². The van der Waals surface area contributed by atoms with Crippen LogP contribution in [-0.4, -0.2) is 11.5 Å². The summed E-state index contributed by atoms with van der Waals surface area (Å²) in [4.78, 5) is 14.5. The number of nitrogens with zero attached hydrogens (tertiary/aromatic N) is 1. The number of pyridine rings is 1. The van der Waals surface area contributed by atoms with Crippen molar-refractivity contribution in [1.82, 2.24) is 4.98 Å². The third-order valence-corrected chi connectivity index (χ3v) is 2.28. The van der Waals surface area contributed by atoms with Crippen molar-refractivity contribution in [3.05, 3.63) is 66.0 Å². The van der Waals surface area contributed by atoms with Crippen molar-refractivity contribution >= 4 is 6.47 Å². The molecule has 0 N–H and O–H groups in total. The second-order valence-electron chi connectivity index (χ2n) is 3.31. The number of hydrogen-bond acceptors (Lipinski definition) is 3. The van der Waals surface area contributed by atoms with Crippen molar-refractivity contribution in [2.24, 2.45) is 0 Å². The van der Waals surface area contributed by atoms with Crippen LogP contribution in [0.2, 0.25) is 0 Å². The van der Waals surface area contributed by atoms with Gasteiger partial charge in [0.15, 0.2) is 6.10 Å². The van der Waals surface area contributed by atoms with Gasteiger partial charge in [0.2, 0.25) is 0 Å². The average molecular weight is 213 g/mol. The number of aromatic nitrogens is 1. The lowest BCUT2D eigenvalue weighted by atomic mass is 10.0. The number of ether oxygens (including phenoxy) is 1. The van der Waals surface area contributed by atoms with E-state index in [0.29, 0.717) is 6.47 Å². The molecule has 80 valence electrons. The molecule has 0 fully saturated rings. The van der Waals surface area contributed by atoms with Gasteiger partial charge in [-0.05, 0) is 11.6 Å². The summed E-state index contributed by atoms with van der Waals surface area (Å²) in [6.45, 7) is 0.463. The summed E-state index contributed by atoms with van der Waals surface area (Å²) in [6, 6.07) is 13.3. The van der Waals surface area contributed by atoms with Crippen molar-refractivity contribution in [2.45, 2.75) is 6.10 Å². The average Bonchev–Trinajstić information content (AvgIpc) is 2.38. The van der Waals surface area contributed by atoms with E-state index in [2.05, 4.69) is 4.98 Å². The molecule has 3 nitrogen and oxygen atoms in total. The van der Waals surface area contributed by atoms with Gasteiger partial charge in [0, 0.05) is 18.0 Å². The number of hydrogen-bond donors (Lipinski definition) is 0. The molecule has 0 saturated heterocycles. The summed E-state index contributed by atoms with van der Waals surface area (Å²) >= 11 is 0. The zero-order chi connectivity index (χ0) is 11.2. The molecule has 16 heavy (non-hydrogen) atoms. The Morgan fingerprint density at radius 1 is 1.06 bits per heavy atom. The van der Waals surface area contributed by atoms with Crippen molar-refractivity contribution in [2.75, 3.05) is 0 Å². The summed E-state index contributed by atoms with van der Waals surface area (Å²) in [5.41, 5.74) is 1.79. The first-order valence-electron chi connectivity index (χ1n) is 4.96. The van der Waals surface area contributed by atoms with Gasteiger partial charge in [-0.2, -0.15) is 0 Å². The predicted octanol–water partition coefficient (Wildman–Crippen LogP) is 2.34. The number of carbonyl (C=O) groups is 1. The molecule has 2 rings (SSSR count). The van der Waals surface area contributed by atoms with E-state index >= 15 is 0 Å². The van der Waals surface area contributed by atoms with Gasteiger partial charge in [-0.3, -0.25) is 9.78 Å². The maximum atomic E-state index is 10.5. The Morgan fingerprint density at radius 3 is 2.44 bits per heavy atom. The lowest BCUT2D eigenvalue weighted by Gasteiger charge is -2.15. The molecule has 0 aliphatic heterocycles. The van der Waals surface area contributed by atoms with Crippen LogP contribution in [0.4, 0.5) is 0 Å². The summed E-state index contributed by atoms with van der Waals surface area (Å²) < 4.78 is 5.09. The molecule has 1 aromatic heterocycles. The maximum absolute atomic E-state index is 10.5. The zero-order valence-corrected chi connectivity index (χ0v) is 8.61. The fourth-order valence-corrected chi connectivity index (χ4v) is 1.56. The topological polar surface area (TPSA) is 39.2 Å². The molecular weight excluding hydrogens is 202 g/mol. The Kier molecular flexibility index (Phi) is 3.28. The third kappa shape index (κ3) is 2.25. The standard InChI is InChI=1S/C13H11NO2/c15-10-16-13(11-5-2-1-3-6-11)12-7-4-8-14-9-12/h1-10,13H. The first-order valence-corrected chi connectivity index (χ1v) is 4.96. The second-order valence-corrected chi connectivity index (χ2v) is 3.31. The van der Waals surface area contributed by atoms with Gasteiger partial charge in [0.25, 0.3) is 6.47 Å². The first kappa shape index (κ1) is 10.4. The molecule has 0 aliphatic carbocycles. The van der Waals surface area contributed by atoms with E-state index < -0.39 is 0 Å². The zero-order valence-electron chi connectivity index (χ0n) is 8.61. The van der Waals surface area contributed by atoms with Gasteiger partial charge in [-0.1, -0.05) is 36.4 Å². The fourth-order valence-electron chi connectivity index (χ4n) is 1.56. The SMILES string of the molecule is O=COC(c1ccccc1)c1cccnc1. The van der Waals surface area contributed by atoms with Gasteiger partial charge < -0.3 is 4.74 Å². The maximum Gasteiger partial charge on any atom is 0.294 e. The van der Waals surface area contributed by atoms with E-state index in [1.807, 2.05) is 42.5 Å². The number of rotatable bonds is 4. The molecule has 1 atom stereocenters. The Bertz CT molecular complexity index is 403. The minimum Gasteiger partial charge on any atom is -0.455 e. The molecule has 2 aromatic rings. The Labute approximate surface area is 93.7 Å². The van der Waals surface area contributed by atoms with Crippen LogP contribution in [0.15, 0.2) is 54.9 Å². The molecule has 1 unspecified atom stereocenters. The Morgan fingerprint density at radius 2 is 1.81 bits per heavy atom. The van der Waals surface area contributed by atoms with Crippen LogP contribution >= 0.6 is 0 Å². The second kappa shape index (κ2) is 5.07. The van der Waals surface area contributed by atoms with E-state index in [1.54, 1.807) is 12.4 Å². The summed E-state index contributed by atoms with van der Waals surface area (Å²) in [5, 5.41) is 0. The lowest BCUT2D eigenvalue weighted by Crippen LogP contribution is -2.05. The summed E-state index contributed by atoms with van der Waals surface area (Å²) in [6.07, 6.45) is 3.00. The first-order chi connectivity index (χ1) is 7.92. The smallest absolute Gasteiger partial charge is 0.294 e. The molecule has 0 spiro atoms. The molecule has 0 radical (unpaired) electrons. The van der Waals surface area contributed by atoms with Gasteiger partial charge in [-0.15, -0.1) is 0 Å². The van der Waals surface area contributed by atoms with Crippen LogP contribution in [0.25, 0.3) is 0 Å². The lowest BCUT2D eigenvalue weighted by molar-refractivity contribution is -0.132. The molecule has 3 heteroatoms. The van der Waals surface area contributed by atoms with Crippen molar-refractivity contribution in [1.29, 1.82) is 0 Å². The molecule has 0 bridgehead atoms. The van der Waals surface area contributed by atoms with Crippen molar-refractivity contribution in [3.63, 3.8) is 0 Å². The van der Waals surface area contributed by atoms with Crippen LogP contribution < -0.4 is 0 Å². The molecule has 0 amide bonds. The van der Waals surface area contributed by atoms with Crippen molar-refractivity contribution in [3.8, 4) is 0 Å². The highest BCUT2D eigenvalue weighted by molar-refractivity contribution is 5.41. The largest absolute Gasteiger partial charge is 0.455 e. The van der Waals surface area contributed by atoms with Crippen LogP contribution in [0.1, 0.15) is 17.2 Å². The van der Waals surface area contributed by atoms with E-state index in [0.717, 1.165) is 11.1 Å². The quantitative estimate of drug-likeness (QED) is 0.732. The van der Waals surface area contributed by atoms with Gasteiger partial charge in [0.1, 0.15) is 0 Å².